The van der Waals surface area contributed by atoms with Crippen molar-refractivity contribution in [1.29, 1.82) is 0 Å². The van der Waals surface area contributed by atoms with Gasteiger partial charge in [0.2, 0.25) is 23.7 Å². The highest BCUT2D eigenvalue weighted by molar-refractivity contribution is 9.10. The molecular weight excluding hydrogens is 1100 g/mol. The normalized spacial score (nSPS) is 20.5. The zero-order chi connectivity index (χ0) is 49.9. The van der Waals surface area contributed by atoms with Crippen molar-refractivity contribution in [3.63, 3.8) is 0 Å². The molecule has 6 heterocycles. The van der Waals surface area contributed by atoms with E-state index in [1.807, 2.05) is 28.1 Å². The number of aromatic nitrogens is 2. The summed E-state index contributed by atoms with van der Waals surface area (Å²) in [7, 11) is 0. The molecule has 2 aromatic carbocycles. The minimum atomic E-state index is -0.373. The van der Waals surface area contributed by atoms with E-state index < -0.39 is 0 Å². The molecule has 5 N–H and O–H groups in total. The van der Waals surface area contributed by atoms with Crippen molar-refractivity contribution >= 4 is 78.9 Å². The molecule has 2 aromatic heterocycles. The van der Waals surface area contributed by atoms with Crippen LogP contribution < -0.4 is 16.2 Å². The summed E-state index contributed by atoms with van der Waals surface area (Å²) in [6.45, 7) is 5.60. The van der Waals surface area contributed by atoms with E-state index in [0.29, 0.717) is 62.7 Å². The van der Waals surface area contributed by atoms with Crippen molar-refractivity contribution in [3.05, 3.63) is 125 Å². The molecular formula is C56H73Br2Cl2N8O5+. The lowest BCUT2D eigenvalue weighted by Gasteiger charge is -2.38. The first kappa shape index (κ1) is 56.3. The Bertz CT molecular complexity index is 2570. The van der Waals surface area contributed by atoms with Gasteiger partial charge in [-0.3, -0.25) is 19.8 Å². The number of urea groups is 2. The molecule has 0 bridgehead atoms. The van der Waals surface area contributed by atoms with Crippen LogP contribution in [-0.2, 0) is 35.3 Å². The number of carbonyl (C=O) groups excluding carboxylic acids is 4. The molecule has 4 aliphatic heterocycles. The first-order valence-electron chi connectivity index (χ1n) is 25.5. The molecule has 4 aromatic rings. The number of amides is 6. The number of nitrogens with zero attached hydrogens (tertiary/aromatic N) is 6. The van der Waals surface area contributed by atoms with Crippen LogP contribution in [0.25, 0.3) is 0 Å². The fraction of sp³-hybridized carbons (Fsp3) is 0.536. The highest BCUT2D eigenvalue weighted by atomic mass is 79.9. The summed E-state index contributed by atoms with van der Waals surface area (Å²) in [6, 6.07) is 16.0. The Morgan fingerprint density at radius 3 is 1.47 bits per heavy atom. The monoisotopic (exact) mass is 1170 g/mol. The van der Waals surface area contributed by atoms with E-state index >= 15 is 0 Å². The van der Waals surface area contributed by atoms with Crippen LogP contribution in [0, 0.1) is 23.7 Å². The van der Waals surface area contributed by atoms with Crippen LogP contribution >= 0.6 is 55.1 Å². The number of pyridine rings is 2. The van der Waals surface area contributed by atoms with Gasteiger partial charge in [-0.05, 0) is 197 Å². The van der Waals surface area contributed by atoms with E-state index in [-0.39, 0.29) is 50.6 Å². The molecule has 6 amide bonds. The number of piperidine rings is 4. The average Bonchev–Trinajstić information content (AvgIpc) is 3.62. The third kappa shape index (κ3) is 13.2. The van der Waals surface area contributed by atoms with Crippen molar-refractivity contribution in [2.75, 3.05) is 52.4 Å². The Morgan fingerprint density at radius 2 is 0.986 bits per heavy atom. The Labute approximate surface area is 458 Å². The number of hydrogen-bond acceptors (Lipinski definition) is 6. The van der Waals surface area contributed by atoms with E-state index in [2.05, 4.69) is 68.3 Å². The first-order chi connectivity index (χ1) is 34.2. The second kappa shape index (κ2) is 24.9. The van der Waals surface area contributed by atoms with Gasteiger partial charge in [0.15, 0.2) is 0 Å². The Balaban J connectivity index is 0.000000208. The predicted octanol–water partition coefficient (Wildman–Crippen LogP) is 10.7. The van der Waals surface area contributed by atoms with Crippen molar-refractivity contribution < 1.29 is 29.1 Å². The second-order valence-electron chi connectivity index (χ2n) is 20.6. The molecule has 4 fully saturated rings. The van der Waals surface area contributed by atoms with Gasteiger partial charge in [-0.25, -0.2) is 9.59 Å². The summed E-state index contributed by atoms with van der Waals surface area (Å²) >= 11 is 19.9. The smallest absolute Gasteiger partial charge is 0.314 e. The summed E-state index contributed by atoms with van der Waals surface area (Å²) in [4.78, 5) is 61.2. The second-order valence-corrected chi connectivity index (χ2v) is 23.3. The van der Waals surface area contributed by atoms with E-state index in [9.17, 15) is 24.4 Å². The zero-order valence-corrected chi connectivity index (χ0v) is 44.9. The van der Waals surface area contributed by atoms with Gasteiger partial charge >= 0.3 is 12.1 Å². The van der Waals surface area contributed by atoms with E-state index in [0.717, 1.165) is 133 Å². The number of hydrogen-bond donors (Lipinski definition) is 3. The topological polar surface area (TPSA) is 170 Å². The molecule has 17 heteroatoms. The highest BCUT2D eigenvalue weighted by Crippen LogP contribution is 2.45. The molecule has 0 radical (unpaired) electrons. The minimum absolute atomic E-state index is 0. The molecule has 2 atom stereocenters. The van der Waals surface area contributed by atoms with Crippen LogP contribution in [0.3, 0.4) is 0 Å². The van der Waals surface area contributed by atoms with E-state index in [1.165, 1.54) is 38.2 Å². The quantitative estimate of drug-likeness (QED) is 0.128. The Kier molecular flexibility index (Phi) is 19.2. The van der Waals surface area contributed by atoms with Crippen LogP contribution in [-0.4, -0.2) is 106 Å². The Morgan fingerprint density at radius 1 is 0.575 bits per heavy atom. The SMILES string of the molecule is C.C.NC(=O)N1CCC(CC(=O)N2CCC([C@H]3c4ccc(Cl)cc4CCc4cc(Br)c[n+](O)c43)CC2)CC1.NC(=O)N1CCC(CC(=O)N2CCC([C@H]3c4ccc(Cl)cc4CCc4cc(Br)cnc43)CC2)CC1. The average molecular weight is 1170 g/mol. The number of aryl methyl sites for hydroxylation is 4. The maximum atomic E-state index is 13.1. The molecule has 13 nitrogen and oxygen atoms in total. The van der Waals surface area contributed by atoms with Crippen LogP contribution in [0.5, 0.6) is 0 Å². The molecule has 394 valence electrons. The molecule has 0 spiro atoms. The van der Waals surface area contributed by atoms with Gasteiger partial charge in [0.25, 0.3) is 0 Å². The largest absolute Gasteiger partial charge is 0.351 e. The predicted molar refractivity (Wildman–Crippen MR) is 294 cm³/mol. The number of primary amides is 2. The van der Waals surface area contributed by atoms with Crippen molar-refractivity contribution in [3.8, 4) is 0 Å². The van der Waals surface area contributed by atoms with E-state index in [4.69, 9.17) is 39.7 Å². The number of nitrogens with two attached hydrogens (primary N) is 2. The fourth-order valence-corrected chi connectivity index (χ4v) is 13.8. The lowest BCUT2D eigenvalue weighted by molar-refractivity contribution is -0.911. The maximum absolute atomic E-state index is 13.1. The van der Waals surface area contributed by atoms with Crippen LogP contribution in [0.1, 0.15) is 136 Å². The highest BCUT2D eigenvalue weighted by Gasteiger charge is 2.41. The van der Waals surface area contributed by atoms with Gasteiger partial charge in [-0.15, -0.1) is 0 Å². The number of benzene rings is 2. The number of fused-ring (bicyclic) bond motifs is 4. The third-order valence-electron chi connectivity index (χ3n) is 16.4. The minimum Gasteiger partial charge on any atom is -0.351 e. The van der Waals surface area contributed by atoms with Crippen molar-refractivity contribution in [2.45, 2.75) is 117 Å². The molecule has 0 saturated carbocycles. The number of carbonyl (C=O) groups is 4. The Hall–Kier alpha value is -4.44. The maximum Gasteiger partial charge on any atom is 0.314 e. The van der Waals surface area contributed by atoms with E-state index in [1.54, 1.807) is 16.0 Å². The van der Waals surface area contributed by atoms with Gasteiger partial charge in [-0.2, -0.15) is 0 Å². The van der Waals surface area contributed by atoms with Gasteiger partial charge in [-0.1, -0.05) is 50.2 Å². The van der Waals surface area contributed by atoms with Gasteiger partial charge in [0, 0.05) is 102 Å². The standard InChI is InChI=1S/C27H32BrClN4O3.C27H32BrClN4O2.2CH4/c28-21-14-20-2-1-19-15-22(29)3-4-23(19)25(26(20)33(36)16-21)18-7-11-31(12-8-18)24(34)13-17-5-9-32(10-6-17)27(30)35;28-21-14-20-2-1-19-15-22(29)3-4-23(19)25(26(20)31-16-21)18-7-11-32(12-8-18)24(34)13-17-5-9-33(10-6-17)27(30)35;;/h3-4,14-18,25H,1-2,5-13H2,(H2-,30,35,36);3-4,14-18,25H,1-2,5-13H2,(H2,30,35);2*1H4/p+1/t2*25-;;/m00../s1. The summed E-state index contributed by atoms with van der Waals surface area (Å²) < 4.78 is 3.17. The summed E-state index contributed by atoms with van der Waals surface area (Å²) in [5, 5.41) is 12.5. The number of halogens is 4. The fourth-order valence-electron chi connectivity index (χ4n) is 12.5. The molecule has 4 saturated heterocycles. The van der Waals surface area contributed by atoms with Crippen LogP contribution in [0.15, 0.2) is 69.9 Å². The summed E-state index contributed by atoms with van der Waals surface area (Å²) in [5.41, 5.74) is 20.5. The summed E-state index contributed by atoms with van der Waals surface area (Å²) in [6.07, 6.45) is 15.4. The third-order valence-corrected chi connectivity index (χ3v) is 17.7. The van der Waals surface area contributed by atoms with Crippen LogP contribution in [0.2, 0.25) is 10.0 Å². The summed E-state index contributed by atoms with van der Waals surface area (Å²) in [5.74, 6) is 2.11. The van der Waals surface area contributed by atoms with Crippen LogP contribution in [0.4, 0.5) is 9.59 Å². The van der Waals surface area contributed by atoms with Gasteiger partial charge in [0.1, 0.15) is 0 Å². The zero-order valence-electron chi connectivity index (χ0n) is 40.2. The molecule has 73 heavy (non-hydrogen) atoms. The molecule has 0 unspecified atom stereocenters. The molecule has 6 aliphatic rings. The number of rotatable bonds is 6. The van der Waals surface area contributed by atoms with Gasteiger partial charge in [0.05, 0.1) is 16.1 Å². The lowest BCUT2D eigenvalue weighted by atomic mass is 9.76. The van der Waals surface area contributed by atoms with Gasteiger partial charge < -0.3 is 31.1 Å². The lowest BCUT2D eigenvalue weighted by Crippen LogP contribution is -2.45. The van der Waals surface area contributed by atoms with Crippen molar-refractivity contribution in [2.24, 2.45) is 35.1 Å². The molecule has 10 rings (SSSR count). The van der Waals surface area contributed by atoms with Crippen molar-refractivity contribution in [1.82, 2.24) is 24.6 Å². The molecule has 2 aliphatic carbocycles. The number of likely N-dealkylation sites (tertiary alicyclic amines) is 4. The first-order valence-corrected chi connectivity index (χ1v) is 27.8.